The molecule has 3 N–H and O–H groups in total. The van der Waals surface area contributed by atoms with Crippen LogP contribution < -0.4 is 5.14 Å². The molecule has 0 aliphatic carbocycles. The molecule has 0 amide bonds. The van der Waals surface area contributed by atoms with Gasteiger partial charge in [0.05, 0.1) is 0 Å². The number of nitrogens with two attached hydrogens (primary N) is 1. The maximum absolute atomic E-state index is 8.97. The van der Waals surface area contributed by atoms with Gasteiger partial charge in [0.25, 0.3) is 0 Å². The quantitative estimate of drug-likeness (QED) is 0.525. The Hall–Kier alpha value is 1.21. The van der Waals surface area contributed by atoms with Crippen molar-refractivity contribution in [1.29, 1.82) is 0 Å². The average Bonchev–Trinajstić information content (AvgIpc) is 0.722. The standard InChI is InChI=1S/H3NO3S.Sm/c1-5(2,3)4;/h(H3,1,2,3,4);. The summed E-state index contributed by atoms with van der Waals surface area (Å²) in [5.74, 6) is 0. The van der Waals surface area contributed by atoms with Gasteiger partial charge in [-0.2, -0.15) is 8.42 Å². The Morgan fingerprint density at radius 3 is 1.50 bits per heavy atom. The molecule has 6 heavy (non-hydrogen) atoms. The Morgan fingerprint density at radius 2 is 1.50 bits per heavy atom. The molecule has 0 aromatic heterocycles. The van der Waals surface area contributed by atoms with Crippen LogP contribution in [0.3, 0.4) is 0 Å². The van der Waals surface area contributed by atoms with E-state index >= 15 is 0 Å². The maximum atomic E-state index is 8.97. The van der Waals surface area contributed by atoms with Gasteiger partial charge in [-0.25, -0.2) is 5.14 Å². The first kappa shape index (κ1) is 10.2. The van der Waals surface area contributed by atoms with Gasteiger partial charge in [0.2, 0.25) is 0 Å². The predicted molar refractivity (Wildman–Crippen MR) is 15.7 cm³/mol. The van der Waals surface area contributed by atoms with Crippen LogP contribution in [0.4, 0.5) is 0 Å². The molecule has 0 fully saturated rings. The van der Waals surface area contributed by atoms with Gasteiger partial charge in [-0.1, -0.05) is 0 Å². The van der Waals surface area contributed by atoms with Crippen LogP contribution in [0.1, 0.15) is 0 Å². The van der Waals surface area contributed by atoms with Crippen LogP contribution in [0.25, 0.3) is 0 Å². The second-order valence-electron chi connectivity index (χ2n) is 0.515. The first-order chi connectivity index (χ1) is 2.00. The monoisotopic (exact) mass is 249 g/mol. The maximum Gasteiger partial charge on any atom is 0.330 e. The predicted octanol–water partition coefficient (Wildman–Crippen LogP) is -1.25. The van der Waals surface area contributed by atoms with E-state index in [0.29, 0.717) is 0 Å². The normalized spacial score (nSPS) is 9.67. The summed E-state index contributed by atoms with van der Waals surface area (Å²) in [4.78, 5) is 0. The smallest absolute Gasteiger partial charge is 0.274 e. The Morgan fingerprint density at radius 1 is 1.50 bits per heavy atom. The van der Waals surface area contributed by atoms with Crippen molar-refractivity contribution in [3.8, 4) is 0 Å². The fourth-order valence-corrected chi connectivity index (χ4v) is 0. The van der Waals surface area contributed by atoms with Crippen LogP contribution in [0.15, 0.2) is 0 Å². The van der Waals surface area contributed by atoms with Crippen LogP contribution >= 0.6 is 0 Å². The molecule has 0 heterocycles. The molecule has 0 radical (unpaired) electrons. The third-order valence-electron chi connectivity index (χ3n) is 0. The van der Waals surface area contributed by atoms with Crippen LogP contribution in [0.5, 0.6) is 0 Å². The van der Waals surface area contributed by atoms with E-state index in [0.717, 1.165) is 0 Å². The molecule has 0 aromatic rings. The van der Waals surface area contributed by atoms with E-state index < -0.39 is 10.3 Å². The van der Waals surface area contributed by atoms with E-state index in [1.807, 2.05) is 0 Å². The van der Waals surface area contributed by atoms with Gasteiger partial charge in [-0.15, -0.1) is 0 Å². The van der Waals surface area contributed by atoms with Crippen molar-refractivity contribution in [2.45, 2.75) is 0 Å². The molecular weight excluding hydrogens is 244 g/mol. The fourth-order valence-electron chi connectivity index (χ4n) is 0. The summed E-state index contributed by atoms with van der Waals surface area (Å²) in [7, 11) is -4.17. The SMILES string of the molecule is NS(=O)(=O)O.[Sm]. The Bertz CT molecular complexity index is 94.0. The zero-order chi connectivity index (χ0) is 4.50. The summed E-state index contributed by atoms with van der Waals surface area (Å²) < 4.78 is 25.2. The summed E-state index contributed by atoms with van der Waals surface area (Å²) in [6.45, 7) is 0. The minimum atomic E-state index is -4.17. The molecule has 0 unspecified atom stereocenters. The van der Waals surface area contributed by atoms with Gasteiger partial charge >= 0.3 is 10.3 Å². The number of hydrogen-bond donors (Lipinski definition) is 2. The summed E-state index contributed by atoms with van der Waals surface area (Å²) >= 11 is 0. The van der Waals surface area contributed by atoms with Crippen LogP contribution in [0, 0.1) is 40.4 Å². The fraction of sp³-hybridized carbons (Fsp3) is 0. The van der Waals surface area contributed by atoms with Gasteiger partial charge in [0, 0.05) is 40.4 Å². The summed E-state index contributed by atoms with van der Waals surface area (Å²) in [5.41, 5.74) is 0. The van der Waals surface area contributed by atoms with E-state index in [1.165, 1.54) is 0 Å². The first-order valence-electron chi connectivity index (χ1n) is 0.752. The van der Waals surface area contributed by atoms with Crippen LogP contribution in [-0.2, 0) is 10.3 Å². The van der Waals surface area contributed by atoms with Gasteiger partial charge in [-0.05, 0) is 0 Å². The molecule has 0 aliphatic rings. The summed E-state index contributed by atoms with van der Waals surface area (Å²) in [5, 5.41) is 3.88. The van der Waals surface area contributed by atoms with Crippen molar-refractivity contribution >= 4 is 10.3 Å². The van der Waals surface area contributed by atoms with Gasteiger partial charge in [0.15, 0.2) is 0 Å². The molecule has 0 bridgehead atoms. The minimum Gasteiger partial charge on any atom is -0.274 e. The molecule has 6 heteroatoms. The van der Waals surface area contributed by atoms with Crippen molar-refractivity contribution in [1.82, 2.24) is 0 Å². The minimum absolute atomic E-state index is 0. The molecule has 0 aromatic carbocycles. The molecule has 0 saturated heterocycles. The van der Waals surface area contributed by atoms with E-state index in [4.69, 9.17) is 13.0 Å². The van der Waals surface area contributed by atoms with Gasteiger partial charge < -0.3 is 0 Å². The second-order valence-corrected chi connectivity index (χ2v) is 1.54. The molecule has 38 valence electrons. The molecule has 4 nitrogen and oxygen atoms in total. The van der Waals surface area contributed by atoms with Gasteiger partial charge in [0.1, 0.15) is 0 Å². The largest absolute Gasteiger partial charge is 0.330 e. The van der Waals surface area contributed by atoms with E-state index in [1.54, 1.807) is 0 Å². The van der Waals surface area contributed by atoms with E-state index in [9.17, 15) is 0 Å². The topological polar surface area (TPSA) is 80.4 Å². The Balaban J connectivity index is 0. The average molecular weight is 247 g/mol. The zero-order valence-electron chi connectivity index (χ0n) is 2.66. The van der Waals surface area contributed by atoms with E-state index in [2.05, 4.69) is 5.14 Å². The zero-order valence-corrected chi connectivity index (χ0v) is 6.09. The second kappa shape index (κ2) is 3.24. The van der Waals surface area contributed by atoms with Crippen molar-refractivity contribution < 1.29 is 53.4 Å². The molecule has 0 aliphatic heterocycles. The third-order valence-corrected chi connectivity index (χ3v) is 0. The van der Waals surface area contributed by atoms with Crippen molar-refractivity contribution in [3.63, 3.8) is 0 Å². The Labute approximate surface area is 68.1 Å². The molecule has 0 spiro atoms. The van der Waals surface area contributed by atoms with Crippen molar-refractivity contribution in [2.24, 2.45) is 5.14 Å². The number of rotatable bonds is 0. The summed E-state index contributed by atoms with van der Waals surface area (Å²) in [6, 6.07) is 0. The van der Waals surface area contributed by atoms with Crippen molar-refractivity contribution in [3.05, 3.63) is 0 Å². The van der Waals surface area contributed by atoms with Crippen LogP contribution in [0.2, 0.25) is 0 Å². The molecule has 0 saturated carbocycles. The first-order valence-corrected chi connectivity index (χ1v) is 2.25. The van der Waals surface area contributed by atoms with Crippen molar-refractivity contribution in [2.75, 3.05) is 0 Å². The van der Waals surface area contributed by atoms with E-state index in [-0.39, 0.29) is 40.4 Å². The molecular formula is H3NO3SSm. The van der Waals surface area contributed by atoms with Crippen LogP contribution in [-0.4, -0.2) is 13.0 Å². The Kier molecular flexibility index (Phi) is 5.53. The molecule has 0 rings (SSSR count). The third kappa shape index (κ3) is 63.2. The number of hydrogen-bond acceptors (Lipinski definition) is 2. The molecule has 0 atom stereocenters. The van der Waals surface area contributed by atoms with Gasteiger partial charge in [-0.3, -0.25) is 4.55 Å². The summed E-state index contributed by atoms with van der Waals surface area (Å²) in [6.07, 6.45) is 0.